The van der Waals surface area contributed by atoms with Gasteiger partial charge in [-0.25, -0.2) is 8.37 Å². The Kier molecular flexibility index (Phi) is 8.29. The third kappa shape index (κ3) is 7.58. The maximum absolute atomic E-state index is 10.8. The Bertz CT molecular complexity index is 738. The Morgan fingerprint density at radius 3 is 2.03 bits per heavy atom. The minimum absolute atomic E-state index is 0.293. The van der Waals surface area contributed by atoms with Crippen molar-refractivity contribution >= 4 is 20.8 Å². The molecule has 0 saturated carbocycles. The van der Waals surface area contributed by atoms with Gasteiger partial charge in [0, 0.05) is 6.42 Å². The predicted octanol–water partition coefficient (Wildman–Crippen LogP) is -4.03. The number of ether oxygens (including phenoxy) is 3. The van der Waals surface area contributed by atoms with Gasteiger partial charge in [0.15, 0.2) is 6.29 Å². The molecule has 2 saturated heterocycles. The predicted molar refractivity (Wildman–Crippen MR) is 86.9 cm³/mol. The minimum Gasteiger partial charge on any atom is -0.390 e. The largest absolute Gasteiger partial charge is 0.397 e. The second-order valence-electron chi connectivity index (χ2n) is 6.38. The highest BCUT2D eigenvalue weighted by atomic mass is 32.3. The monoisotopic (exact) mass is 470 g/mol. The van der Waals surface area contributed by atoms with Crippen molar-refractivity contribution in [1.29, 1.82) is 0 Å². The Hall–Kier alpha value is -0.540. The molecular formula is C12H22O15S2. The van der Waals surface area contributed by atoms with Gasteiger partial charge in [-0.3, -0.25) is 9.11 Å². The molecule has 29 heavy (non-hydrogen) atoms. The molecule has 2 heterocycles. The zero-order chi connectivity index (χ0) is 22.0. The van der Waals surface area contributed by atoms with Gasteiger partial charge in [-0.15, -0.1) is 0 Å². The smallest absolute Gasteiger partial charge is 0.390 e. The molecule has 0 spiro atoms. The van der Waals surface area contributed by atoms with E-state index in [1.165, 1.54) is 0 Å². The van der Waals surface area contributed by atoms with Crippen LogP contribution in [0.3, 0.4) is 0 Å². The quantitative estimate of drug-likeness (QED) is 0.185. The van der Waals surface area contributed by atoms with E-state index in [-0.39, 0.29) is 6.42 Å². The molecule has 0 bridgehead atoms. The summed E-state index contributed by atoms with van der Waals surface area (Å²) in [6.45, 7) is -1.99. The van der Waals surface area contributed by atoms with Crippen molar-refractivity contribution in [2.24, 2.45) is 0 Å². The summed E-state index contributed by atoms with van der Waals surface area (Å²) in [5.41, 5.74) is 0. The molecule has 6 N–H and O–H groups in total. The van der Waals surface area contributed by atoms with E-state index in [4.69, 9.17) is 23.3 Å². The third-order valence-corrected chi connectivity index (χ3v) is 5.03. The van der Waals surface area contributed by atoms with Crippen LogP contribution in [0.25, 0.3) is 0 Å². The van der Waals surface area contributed by atoms with Crippen molar-refractivity contribution in [2.45, 2.75) is 55.4 Å². The fourth-order valence-electron chi connectivity index (χ4n) is 2.77. The molecule has 2 rings (SSSR count). The summed E-state index contributed by atoms with van der Waals surface area (Å²) in [5.74, 6) is 0. The highest BCUT2D eigenvalue weighted by Gasteiger charge is 2.46. The zero-order valence-corrected chi connectivity index (χ0v) is 16.3. The fourth-order valence-corrected chi connectivity index (χ4v) is 3.40. The van der Waals surface area contributed by atoms with Crippen molar-refractivity contribution < 1.29 is 68.9 Å². The first-order valence-electron chi connectivity index (χ1n) is 8.15. The Labute approximate surface area is 165 Å². The lowest BCUT2D eigenvalue weighted by Gasteiger charge is -2.43. The summed E-state index contributed by atoms with van der Waals surface area (Å²) in [7, 11) is -9.66. The molecular weight excluding hydrogens is 448 g/mol. The lowest BCUT2D eigenvalue weighted by atomic mass is 9.99. The van der Waals surface area contributed by atoms with Gasteiger partial charge in [-0.1, -0.05) is 0 Å². The van der Waals surface area contributed by atoms with E-state index in [9.17, 15) is 37.3 Å². The van der Waals surface area contributed by atoms with Crippen LogP contribution in [-0.2, 0) is 43.4 Å². The molecule has 2 aliphatic heterocycles. The summed E-state index contributed by atoms with van der Waals surface area (Å²) in [6, 6.07) is 0. The van der Waals surface area contributed by atoms with Crippen molar-refractivity contribution in [1.82, 2.24) is 0 Å². The molecule has 0 aromatic heterocycles. The standard InChI is InChI=1S/C12H22O15S2/c13-6-1-5(2-24-28(17,18)19)26-12(10(6)16)27-11-8(4-25-29(20,21)22)23-3-7(14)9(11)15/h5-16H,1-4H2,(H,17,18,19)(H,20,21,22)/t5-,6-,7-,8+,9+,10+,11+,12+/m0/s1. The molecule has 0 unspecified atom stereocenters. The normalized spacial score (nSPS) is 39.4. The zero-order valence-electron chi connectivity index (χ0n) is 14.6. The molecule has 17 heteroatoms. The van der Waals surface area contributed by atoms with Crippen LogP contribution < -0.4 is 0 Å². The van der Waals surface area contributed by atoms with Crippen molar-refractivity contribution in [3.8, 4) is 0 Å². The van der Waals surface area contributed by atoms with Gasteiger partial charge in [-0.05, 0) is 0 Å². The van der Waals surface area contributed by atoms with Crippen molar-refractivity contribution in [3.05, 3.63) is 0 Å². The Morgan fingerprint density at radius 2 is 1.45 bits per heavy atom. The average Bonchev–Trinajstić information content (AvgIpc) is 2.59. The summed E-state index contributed by atoms with van der Waals surface area (Å²) in [5, 5.41) is 39.8. The van der Waals surface area contributed by atoms with Gasteiger partial charge < -0.3 is 34.6 Å². The first kappa shape index (κ1) is 24.7. The summed E-state index contributed by atoms with van der Waals surface area (Å²) in [6.07, 6.45) is -12.4. The minimum atomic E-state index is -4.86. The molecule has 2 fully saturated rings. The third-order valence-electron chi connectivity index (χ3n) is 4.16. The number of aliphatic hydroxyl groups excluding tert-OH is 4. The highest BCUT2D eigenvalue weighted by molar-refractivity contribution is 7.81. The van der Waals surface area contributed by atoms with Crippen LogP contribution in [0.1, 0.15) is 6.42 Å². The Balaban J connectivity index is 2.09. The summed E-state index contributed by atoms with van der Waals surface area (Å²) in [4.78, 5) is 0. The molecule has 2 aliphatic rings. The van der Waals surface area contributed by atoms with Gasteiger partial charge in [0.05, 0.1) is 32.0 Å². The molecule has 0 aromatic rings. The average molecular weight is 470 g/mol. The van der Waals surface area contributed by atoms with Gasteiger partial charge in [0.1, 0.15) is 30.5 Å². The van der Waals surface area contributed by atoms with E-state index < -0.39 is 89.6 Å². The molecule has 0 aromatic carbocycles. The first-order valence-corrected chi connectivity index (χ1v) is 10.9. The molecule has 15 nitrogen and oxygen atoms in total. The van der Waals surface area contributed by atoms with Crippen LogP contribution in [0.5, 0.6) is 0 Å². The van der Waals surface area contributed by atoms with E-state index in [1.807, 2.05) is 0 Å². The van der Waals surface area contributed by atoms with E-state index in [0.717, 1.165) is 0 Å². The SMILES string of the molecule is O=S(=O)(O)OC[C@@H]1C[C@H](O)[C@@H](O)[C@@H](O[C@H]2[C@H](O)[C@@H](O)CO[C@@H]2COS(=O)(=O)O)O1. The number of aliphatic hydroxyl groups is 4. The molecule has 0 aliphatic carbocycles. The number of rotatable bonds is 8. The van der Waals surface area contributed by atoms with Gasteiger partial charge in [0.2, 0.25) is 0 Å². The van der Waals surface area contributed by atoms with Gasteiger partial charge >= 0.3 is 20.8 Å². The summed E-state index contributed by atoms with van der Waals surface area (Å²) >= 11 is 0. The summed E-state index contributed by atoms with van der Waals surface area (Å²) < 4.78 is 84.2. The van der Waals surface area contributed by atoms with Gasteiger partial charge in [-0.2, -0.15) is 16.8 Å². The number of hydrogen-bond donors (Lipinski definition) is 6. The maximum Gasteiger partial charge on any atom is 0.397 e. The van der Waals surface area contributed by atoms with E-state index in [2.05, 4.69) is 8.37 Å². The fraction of sp³-hybridized carbons (Fsp3) is 1.00. The van der Waals surface area contributed by atoms with Crippen LogP contribution in [0, 0.1) is 0 Å². The second-order valence-corrected chi connectivity index (χ2v) is 8.56. The van der Waals surface area contributed by atoms with E-state index in [0.29, 0.717) is 0 Å². The second kappa shape index (κ2) is 9.73. The first-order chi connectivity index (χ1) is 13.3. The van der Waals surface area contributed by atoms with E-state index >= 15 is 0 Å². The number of hydrogen-bond acceptors (Lipinski definition) is 13. The topological polar surface area (TPSA) is 236 Å². The molecule has 172 valence electrons. The van der Waals surface area contributed by atoms with Crippen LogP contribution in [-0.4, -0.2) is 115 Å². The van der Waals surface area contributed by atoms with Crippen LogP contribution in [0.2, 0.25) is 0 Å². The van der Waals surface area contributed by atoms with Crippen molar-refractivity contribution in [2.75, 3.05) is 19.8 Å². The van der Waals surface area contributed by atoms with Gasteiger partial charge in [0.25, 0.3) is 0 Å². The van der Waals surface area contributed by atoms with Crippen LogP contribution >= 0.6 is 0 Å². The lowest BCUT2D eigenvalue weighted by molar-refractivity contribution is -0.318. The van der Waals surface area contributed by atoms with E-state index in [1.54, 1.807) is 0 Å². The maximum atomic E-state index is 10.8. The van der Waals surface area contributed by atoms with Crippen LogP contribution in [0.15, 0.2) is 0 Å². The lowest BCUT2D eigenvalue weighted by Crippen LogP contribution is -2.60. The molecule has 0 amide bonds. The Morgan fingerprint density at radius 1 is 0.862 bits per heavy atom. The van der Waals surface area contributed by atoms with Crippen LogP contribution in [0.4, 0.5) is 0 Å². The molecule has 8 atom stereocenters. The van der Waals surface area contributed by atoms with Crippen molar-refractivity contribution in [3.63, 3.8) is 0 Å². The highest BCUT2D eigenvalue weighted by Crippen LogP contribution is 2.27. The molecule has 0 radical (unpaired) electrons.